The summed E-state index contributed by atoms with van der Waals surface area (Å²) in [6.07, 6.45) is 3.41. The van der Waals surface area contributed by atoms with Crippen LogP contribution in [0.25, 0.3) is 0 Å². The van der Waals surface area contributed by atoms with Crippen molar-refractivity contribution >= 4 is 0 Å². The minimum absolute atomic E-state index is 0.0194. The number of aryl methyl sites for hydroxylation is 1. The topological polar surface area (TPSA) is 56.2 Å². The second-order valence-electron chi connectivity index (χ2n) is 4.88. The van der Waals surface area contributed by atoms with E-state index < -0.39 is 0 Å². The highest BCUT2D eigenvalue weighted by Gasteiger charge is 2.15. The van der Waals surface area contributed by atoms with E-state index in [0.717, 1.165) is 16.9 Å². The van der Waals surface area contributed by atoms with Crippen LogP contribution in [0.15, 0.2) is 41.5 Å². The van der Waals surface area contributed by atoms with E-state index in [1.54, 1.807) is 10.8 Å². The third-order valence-electron chi connectivity index (χ3n) is 3.31. The van der Waals surface area contributed by atoms with E-state index >= 15 is 0 Å². The molecule has 0 amide bonds. The predicted molar refractivity (Wildman–Crippen MR) is 82.6 cm³/mol. The minimum Gasteiger partial charge on any atom is -0.494 e. The van der Waals surface area contributed by atoms with Crippen molar-refractivity contribution in [2.45, 2.75) is 26.4 Å². The van der Waals surface area contributed by atoms with Crippen LogP contribution in [0, 0.1) is 6.92 Å². The van der Waals surface area contributed by atoms with Crippen molar-refractivity contribution in [3.05, 3.63) is 58.3 Å². The molecule has 1 atom stereocenters. The molecule has 1 aromatic heterocycles. The van der Waals surface area contributed by atoms with E-state index in [2.05, 4.69) is 10.3 Å². The lowest BCUT2D eigenvalue weighted by atomic mass is 10.1. The monoisotopic (exact) mass is 287 g/mol. The average Bonchev–Trinajstić information content (AvgIpc) is 2.49. The SMILES string of the molecule is CCOc1ccccc1C(Cn1cc(C)cnc1=O)NC. The molecule has 0 aliphatic carbocycles. The molecule has 0 bridgehead atoms. The van der Waals surface area contributed by atoms with E-state index in [-0.39, 0.29) is 11.7 Å². The molecule has 0 saturated carbocycles. The van der Waals surface area contributed by atoms with Crippen LogP contribution in [0.4, 0.5) is 0 Å². The minimum atomic E-state index is -0.241. The van der Waals surface area contributed by atoms with Gasteiger partial charge >= 0.3 is 5.69 Å². The van der Waals surface area contributed by atoms with E-state index in [1.807, 2.05) is 51.4 Å². The highest BCUT2D eigenvalue weighted by Crippen LogP contribution is 2.25. The summed E-state index contributed by atoms with van der Waals surface area (Å²) < 4.78 is 7.29. The fourth-order valence-electron chi connectivity index (χ4n) is 2.29. The quantitative estimate of drug-likeness (QED) is 0.882. The molecular formula is C16H21N3O2. The summed E-state index contributed by atoms with van der Waals surface area (Å²) in [7, 11) is 1.88. The highest BCUT2D eigenvalue weighted by molar-refractivity contribution is 5.36. The second-order valence-corrected chi connectivity index (χ2v) is 4.88. The number of likely N-dealkylation sites (N-methyl/N-ethyl adjacent to an activating group) is 1. The van der Waals surface area contributed by atoms with Gasteiger partial charge in [0.1, 0.15) is 5.75 Å². The first-order chi connectivity index (χ1) is 10.2. The van der Waals surface area contributed by atoms with Crippen LogP contribution in [0.2, 0.25) is 0 Å². The number of para-hydroxylation sites is 1. The number of ether oxygens (including phenoxy) is 1. The molecule has 2 aromatic rings. The van der Waals surface area contributed by atoms with E-state index in [0.29, 0.717) is 13.2 Å². The summed E-state index contributed by atoms with van der Waals surface area (Å²) in [5, 5.41) is 3.24. The van der Waals surface area contributed by atoms with Gasteiger partial charge in [-0.2, -0.15) is 0 Å². The fourth-order valence-corrected chi connectivity index (χ4v) is 2.29. The molecule has 112 valence electrons. The Labute approximate surface area is 124 Å². The normalized spacial score (nSPS) is 12.1. The highest BCUT2D eigenvalue weighted by atomic mass is 16.5. The largest absolute Gasteiger partial charge is 0.494 e. The number of aromatic nitrogens is 2. The molecule has 1 N–H and O–H groups in total. The van der Waals surface area contributed by atoms with Gasteiger partial charge in [0.05, 0.1) is 12.6 Å². The maximum Gasteiger partial charge on any atom is 0.347 e. The van der Waals surface area contributed by atoms with Gasteiger partial charge in [0.15, 0.2) is 0 Å². The first kappa shape index (κ1) is 15.3. The van der Waals surface area contributed by atoms with Crippen LogP contribution in [-0.2, 0) is 6.54 Å². The third-order valence-corrected chi connectivity index (χ3v) is 3.31. The molecule has 0 fully saturated rings. The lowest BCUT2D eigenvalue weighted by molar-refractivity contribution is 0.329. The van der Waals surface area contributed by atoms with Gasteiger partial charge in [0.25, 0.3) is 0 Å². The average molecular weight is 287 g/mol. The fraction of sp³-hybridized carbons (Fsp3) is 0.375. The third kappa shape index (κ3) is 3.70. The summed E-state index contributed by atoms with van der Waals surface area (Å²) >= 11 is 0. The molecule has 5 nitrogen and oxygen atoms in total. The molecule has 1 heterocycles. The first-order valence-corrected chi connectivity index (χ1v) is 7.07. The van der Waals surface area contributed by atoms with Crippen molar-refractivity contribution in [1.82, 2.24) is 14.9 Å². The number of rotatable bonds is 6. The number of nitrogens with one attached hydrogen (secondary N) is 1. The zero-order valence-corrected chi connectivity index (χ0v) is 12.7. The zero-order chi connectivity index (χ0) is 15.2. The molecule has 0 saturated heterocycles. The summed E-state index contributed by atoms with van der Waals surface area (Å²) in [5.74, 6) is 0.841. The van der Waals surface area contributed by atoms with Crippen molar-refractivity contribution < 1.29 is 4.74 Å². The Kier molecular flexibility index (Phi) is 5.11. The smallest absolute Gasteiger partial charge is 0.347 e. The molecule has 0 aliphatic heterocycles. The molecule has 0 aliphatic rings. The summed E-state index contributed by atoms with van der Waals surface area (Å²) in [5.41, 5.74) is 1.76. The maximum absolute atomic E-state index is 11.9. The molecule has 0 radical (unpaired) electrons. The molecule has 5 heteroatoms. The van der Waals surface area contributed by atoms with Gasteiger partial charge in [-0.25, -0.2) is 9.78 Å². The van der Waals surface area contributed by atoms with Crippen LogP contribution in [0.3, 0.4) is 0 Å². The lowest BCUT2D eigenvalue weighted by Gasteiger charge is -2.20. The Balaban J connectivity index is 2.32. The van der Waals surface area contributed by atoms with Gasteiger partial charge in [-0.1, -0.05) is 18.2 Å². The van der Waals surface area contributed by atoms with Gasteiger partial charge in [-0.15, -0.1) is 0 Å². The van der Waals surface area contributed by atoms with Crippen LogP contribution >= 0.6 is 0 Å². The van der Waals surface area contributed by atoms with Crippen molar-refractivity contribution in [2.24, 2.45) is 0 Å². The van der Waals surface area contributed by atoms with Gasteiger partial charge in [0.2, 0.25) is 0 Å². The second kappa shape index (κ2) is 7.04. The number of hydrogen-bond acceptors (Lipinski definition) is 4. The van der Waals surface area contributed by atoms with Crippen molar-refractivity contribution in [3.8, 4) is 5.75 Å². The van der Waals surface area contributed by atoms with Crippen LogP contribution < -0.4 is 15.7 Å². The van der Waals surface area contributed by atoms with Crippen molar-refractivity contribution in [3.63, 3.8) is 0 Å². The van der Waals surface area contributed by atoms with Crippen LogP contribution in [-0.4, -0.2) is 23.2 Å². The Morgan fingerprint density at radius 1 is 1.38 bits per heavy atom. The summed E-state index contributed by atoms with van der Waals surface area (Å²) in [6, 6.07) is 7.86. The molecule has 21 heavy (non-hydrogen) atoms. The van der Waals surface area contributed by atoms with E-state index in [4.69, 9.17) is 4.74 Å². The van der Waals surface area contributed by atoms with Crippen molar-refractivity contribution in [1.29, 1.82) is 0 Å². The van der Waals surface area contributed by atoms with Crippen LogP contribution in [0.1, 0.15) is 24.1 Å². The van der Waals surface area contributed by atoms with E-state index in [1.165, 1.54) is 0 Å². The lowest BCUT2D eigenvalue weighted by Crippen LogP contribution is -2.30. The maximum atomic E-state index is 11.9. The molecule has 1 aromatic carbocycles. The van der Waals surface area contributed by atoms with Gasteiger partial charge < -0.3 is 10.1 Å². The van der Waals surface area contributed by atoms with Crippen LogP contribution in [0.5, 0.6) is 5.75 Å². The van der Waals surface area contributed by atoms with Gasteiger partial charge in [-0.3, -0.25) is 4.57 Å². The van der Waals surface area contributed by atoms with E-state index in [9.17, 15) is 4.79 Å². The first-order valence-electron chi connectivity index (χ1n) is 7.07. The number of hydrogen-bond donors (Lipinski definition) is 1. The zero-order valence-electron chi connectivity index (χ0n) is 12.7. The Morgan fingerprint density at radius 3 is 2.86 bits per heavy atom. The Hall–Kier alpha value is -2.14. The number of benzene rings is 1. The van der Waals surface area contributed by atoms with Crippen molar-refractivity contribution in [2.75, 3.05) is 13.7 Å². The van der Waals surface area contributed by atoms with Gasteiger partial charge in [-0.05, 0) is 32.5 Å². The number of nitrogens with zero attached hydrogens (tertiary/aromatic N) is 2. The van der Waals surface area contributed by atoms with Gasteiger partial charge in [0, 0.05) is 24.5 Å². The Morgan fingerprint density at radius 2 is 2.14 bits per heavy atom. The Bertz CT molecular complexity index is 652. The molecule has 0 spiro atoms. The molecule has 2 rings (SSSR count). The standard InChI is InChI=1S/C16H21N3O2/c1-4-21-15-8-6-5-7-13(15)14(17-3)11-19-10-12(2)9-18-16(19)20/h5-10,14,17H,4,11H2,1-3H3. The molecule has 1 unspecified atom stereocenters. The summed E-state index contributed by atoms with van der Waals surface area (Å²) in [4.78, 5) is 15.7. The summed E-state index contributed by atoms with van der Waals surface area (Å²) in [6.45, 7) is 5.00. The predicted octanol–water partition coefficient (Wildman–Crippen LogP) is 1.91. The molecular weight excluding hydrogens is 266 g/mol.